The van der Waals surface area contributed by atoms with E-state index in [-0.39, 0.29) is 50.7 Å². The largest absolute Gasteiger partial charge is 0.469 e. The van der Waals surface area contributed by atoms with Crippen molar-refractivity contribution in [2.24, 2.45) is 13.0 Å². The number of aryl methyl sites for hydroxylation is 1. The zero-order valence-electron chi connectivity index (χ0n) is 20.1. The summed E-state index contributed by atoms with van der Waals surface area (Å²) >= 11 is 13.0. The molecule has 0 unspecified atom stereocenters. The summed E-state index contributed by atoms with van der Waals surface area (Å²) in [7, 11) is 2.88. The minimum Gasteiger partial charge on any atom is -0.469 e. The van der Waals surface area contributed by atoms with Crippen molar-refractivity contribution in [1.29, 1.82) is 0 Å². The van der Waals surface area contributed by atoms with E-state index < -0.39 is 17.6 Å². The predicted octanol–water partition coefficient (Wildman–Crippen LogP) is 6.65. The monoisotopic (exact) mass is 558 g/mol. The number of rotatable bonds is 5. The van der Waals surface area contributed by atoms with Crippen LogP contribution < -0.4 is 0 Å². The Morgan fingerprint density at radius 1 is 1.11 bits per heavy atom. The molecule has 0 atom stereocenters. The molecule has 4 rings (SSSR count). The van der Waals surface area contributed by atoms with Crippen molar-refractivity contribution in [3.63, 3.8) is 0 Å². The Morgan fingerprint density at radius 2 is 1.78 bits per heavy atom. The van der Waals surface area contributed by atoms with Gasteiger partial charge in [-0.05, 0) is 54.7 Å². The van der Waals surface area contributed by atoms with E-state index in [4.69, 9.17) is 27.9 Å². The number of esters is 1. The van der Waals surface area contributed by atoms with Crippen molar-refractivity contribution in [1.82, 2.24) is 9.47 Å². The number of carbonyl (C=O) groups excluding carboxylic acids is 2. The third-order valence-corrected chi connectivity index (χ3v) is 7.68. The number of amides is 1. The highest BCUT2D eigenvalue weighted by Crippen LogP contribution is 2.36. The molecule has 1 saturated heterocycles. The SMILES string of the molecule is COC(=O)CC1CCN(C(=O)c2ccc(Cl)c(Cc3cc4c(F)cc(C(F)(F)F)cc4n3C)c2Cl)CC1. The van der Waals surface area contributed by atoms with Gasteiger partial charge in [0.2, 0.25) is 0 Å². The summed E-state index contributed by atoms with van der Waals surface area (Å²) in [6, 6.07) is 5.91. The summed E-state index contributed by atoms with van der Waals surface area (Å²) in [4.78, 5) is 26.5. The molecule has 1 aromatic heterocycles. The average Bonchev–Trinajstić information content (AvgIpc) is 3.17. The standard InChI is InChI=1S/C26H24Cl2F4N2O3/c1-33-16(13-19-21(29)10-15(11-22(19)33)26(30,31)32)12-18-20(27)4-3-17(24(18)28)25(36)34-7-5-14(6-8-34)9-23(35)37-2/h3-4,10-11,13-14H,5-9,12H2,1-2H3. The molecule has 1 fully saturated rings. The van der Waals surface area contributed by atoms with Crippen molar-refractivity contribution >= 4 is 46.0 Å². The van der Waals surface area contributed by atoms with Gasteiger partial charge in [0.15, 0.2) is 0 Å². The van der Waals surface area contributed by atoms with Crippen LogP contribution >= 0.6 is 23.2 Å². The van der Waals surface area contributed by atoms with Crippen LogP contribution in [-0.2, 0) is 29.2 Å². The van der Waals surface area contributed by atoms with Gasteiger partial charge in [-0.3, -0.25) is 9.59 Å². The van der Waals surface area contributed by atoms with E-state index >= 15 is 0 Å². The van der Waals surface area contributed by atoms with Crippen LogP contribution in [-0.4, -0.2) is 41.5 Å². The second kappa shape index (κ2) is 10.5. The number of alkyl halides is 3. The number of fused-ring (bicyclic) bond motifs is 1. The maximum atomic E-state index is 14.5. The number of carbonyl (C=O) groups is 2. The van der Waals surface area contributed by atoms with Gasteiger partial charge in [-0.25, -0.2) is 4.39 Å². The van der Waals surface area contributed by atoms with Gasteiger partial charge < -0.3 is 14.2 Å². The molecular weight excluding hydrogens is 535 g/mol. The lowest BCUT2D eigenvalue weighted by molar-refractivity contribution is -0.142. The van der Waals surface area contributed by atoms with Gasteiger partial charge >= 0.3 is 12.1 Å². The van der Waals surface area contributed by atoms with Gasteiger partial charge in [0.05, 0.1) is 28.8 Å². The smallest absolute Gasteiger partial charge is 0.416 e. The van der Waals surface area contributed by atoms with Gasteiger partial charge in [-0.2, -0.15) is 13.2 Å². The normalized spacial score (nSPS) is 14.9. The van der Waals surface area contributed by atoms with E-state index in [1.54, 1.807) is 11.0 Å². The molecule has 3 aromatic rings. The van der Waals surface area contributed by atoms with E-state index in [1.807, 2.05) is 0 Å². The Morgan fingerprint density at radius 3 is 2.41 bits per heavy atom. The first-order valence-corrected chi connectivity index (χ1v) is 12.3. The Bertz CT molecular complexity index is 1360. The van der Waals surface area contributed by atoms with Gasteiger partial charge in [0.1, 0.15) is 5.82 Å². The number of methoxy groups -OCH3 is 1. The molecule has 2 heterocycles. The lowest BCUT2D eigenvalue weighted by Crippen LogP contribution is -2.39. The van der Waals surface area contributed by atoms with Crippen molar-refractivity contribution < 1.29 is 31.9 Å². The third-order valence-electron chi connectivity index (χ3n) is 6.90. The van der Waals surface area contributed by atoms with Crippen LogP contribution in [0, 0.1) is 11.7 Å². The summed E-state index contributed by atoms with van der Waals surface area (Å²) < 4.78 is 60.3. The quantitative estimate of drug-likeness (QED) is 0.260. The molecule has 0 spiro atoms. The fourth-order valence-corrected chi connectivity index (χ4v) is 5.30. The van der Waals surface area contributed by atoms with E-state index in [9.17, 15) is 27.2 Å². The third kappa shape index (κ3) is 5.57. The zero-order chi connectivity index (χ0) is 27.1. The summed E-state index contributed by atoms with van der Waals surface area (Å²) in [6.45, 7) is 0.914. The van der Waals surface area contributed by atoms with Crippen LogP contribution in [0.3, 0.4) is 0 Å². The van der Waals surface area contributed by atoms with E-state index in [0.717, 1.165) is 6.07 Å². The number of ether oxygens (including phenoxy) is 1. The minimum atomic E-state index is -4.69. The number of hydrogen-bond donors (Lipinski definition) is 0. The van der Waals surface area contributed by atoms with Gasteiger partial charge in [0.25, 0.3) is 5.91 Å². The Labute approximate surface area is 220 Å². The number of likely N-dealkylation sites (tertiary alicyclic amines) is 1. The highest BCUT2D eigenvalue weighted by Gasteiger charge is 2.32. The first kappa shape index (κ1) is 27.3. The van der Waals surface area contributed by atoms with Crippen molar-refractivity contribution in [2.75, 3.05) is 20.2 Å². The lowest BCUT2D eigenvalue weighted by Gasteiger charge is -2.32. The van der Waals surface area contributed by atoms with E-state index in [0.29, 0.717) is 49.7 Å². The summed E-state index contributed by atoms with van der Waals surface area (Å²) in [5.74, 6) is -1.41. The molecule has 11 heteroatoms. The molecule has 0 saturated carbocycles. The minimum absolute atomic E-state index is 0.0415. The maximum absolute atomic E-state index is 14.5. The summed E-state index contributed by atoms with van der Waals surface area (Å²) in [5, 5.41) is 0.454. The Hall–Kier alpha value is -2.78. The molecule has 37 heavy (non-hydrogen) atoms. The molecule has 1 aliphatic rings. The molecule has 1 aliphatic heterocycles. The van der Waals surface area contributed by atoms with Crippen molar-refractivity contribution in [3.8, 4) is 0 Å². The number of halogens is 6. The number of aromatic nitrogens is 1. The van der Waals surface area contributed by atoms with Crippen LogP contribution in [0.15, 0.2) is 30.3 Å². The molecule has 2 aromatic carbocycles. The molecular formula is C26H24Cl2F4N2O3. The Kier molecular flexibility index (Phi) is 7.76. The van der Waals surface area contributed by atoms with Gasteiger partial charge in [0, 0.05) is 49.1 Å². The first-order valence-electron chi connectivity index (χ1n) is 11.6. The highest BCUT2D eigenvalue weighted by atomic mass is 35.5. The number of benzene rings is 2. The topological polar surface area (TPSA) is 51.5 Å². The van der Waals surface area contributed by atoms with Crippen LogP contribution in [0.5, 0.6) is 0 Å². The van der Waals surface area contributed by atoms with Crippen molar-refractivity contribution in [3.05, 3.63) is 68.6 Å². The van der Waals surface area contributed by atoms with E-state index in [2.05, 4.69) is 0 Å². The van der Waals surface area contributed by atoms with Crippen LogP contribution in [0.25, 0.3) is 10.9 Å². The molecule has 1 amide bonds. The molecule has 0 bridgehead atoms. The van der Waals surface area contributed by atoms with Crippen LogP contribution in [0.4, 0.5) is 17.6 Å². The highest BCUT2D eigenvalue weighted by molar-refractivity contribution is 6.38. The molecule has 0 aliphatic carbocycles. The maximum Gasteiger partial charge on any atom is 0.416 e. The van der Waals surface area contributed by atoms with Gasteiger partial charge in [-0.1, -0.05) is 23.2 Å². The fourth-order valence-electron chi connectivity index (χ4n) is 4.71. The second-order valence-electron chi connectivity index (χ2n) is 9.16. The average molecular weight is 559 g/mol. The van der Waals surface area contributed by atoms with Crippen LogP contribution in [0.2, 0.25) is 10.0 Å². The first-order chi connectivity index (χ1) is 17.4. The zero-order valence-corrected chi connectivity index (χ0v) is 21.6. The Balaban J connectivity index is 1.59. The summed E-state index contributed by atoms with van der Waals surface area (Å²) in [6.07, 6.45) is -3.00. The van der Waals surface area contributed by atoms with Crippen LogP contribution in [0.1, 0.15) is 46.4 Å². The van der Waals surface area contributed by atoms with Crippen molar-refractivity contribution in [2.45, 2.75) is 31.9 Å². The number of piperidine rings is 1. The van der Waals surface area contributed by atoms with E-state index in [1.165, 1.54) is 30.9 Å². The predicted molar refractivity (Wildman–Crippen MR) is 132 cm³/mol. The molecule has 0 N–H and O–H groups in total. The number of hydrogen-bond acceptors (Lipinski definition) is 3. The summed E-state index contributed by atoms with van der Waals surface area (Å²) in [5.41, 5.74) is 0.139. The fraction of sp³-hybridized carbons (Fsp3) is 0.385. The molecule has 5 nitrogen and oxygen atoms in total. The molecule has 198 valence electrons. The molecule has 0 radical (unpaired) electrons. The van der Waals surface area contributed by atoms with Gasteiger partial charge in [-0.15, -0.1) is 0 Å². The lowest BCUT2D eigenvalue weighted by atomic mass is 9.93. The number of nitrogens with zero attached hydrogens (tertiary/aromatic N) is 2. The second-order valence-corrected chi connectivity index (χ2v) is 9.95.